The van der Waals surface area contributed by atoms with Gasteiger partial charge in [0.25, 0.3) is 11.8 Å². The van der Waals surface area contributed by atoms with Crippen LogP contribution in [0.15, 0.2) is 46.9 Å². The second-order valence-electron chi connectivity index (χ2n) is 8.03. The maximum Gasteiger partial charge on any atom is 0.279 e. The predicted molar refractivity (Wildman–Crippen MR) is 130 cm³/mol. The summed E-state index contributed by atoms with van der Waals surface area (Å²) in [5.41, 5.74) is 7.06. The molecule has 2 N–H and O–H groups in total. The highest BCUT2D eigenvalue weighted by Crippen LogP contribution is 2.30. The van der Waals surface area contributed by atoms with E-state index in [0.29, 0.717) is 29.8 Å². The van der Waals surface area contributed by atoms with Crippen molar-refractivity contribution in [3.05, 3.63) is 58.1 Å². The van der Waals surface area contributed by atoms with Crippen LogP contribution in [-0.2, 0) is 9.59 Å². The average Bonchev–Trinajstić information content (AvgIpc) is 2.79. The third-order valence-electron chi connectivity index (χ3n) is 5.30. The molecular formula is C25H33BrN2O4. The number of hydrogen-bond donors (Lipinski definition) is 2. The van der Waals surface area contributed by atoms with E-state index in [1.807, 2.05) is 49.4 Å². The summed E-state index contributed by atoms with van der Waals surface area (Å²) in [5, 5.41) is 0. The van der Waals surface area contributed by atoms with Crippen molar-refractivity contribution in [3.63, 3.8) is 0 Å². The molecule has 2 atom stereocenters. The highest BCUT2D eigenvalue weighted by molar-refractivity contribution is 9.10. The molecule has 6 nitrogen and oxygen atoms in total. The van der Waals surface area contributed by atoms with Crippen LogP contribution in [0.4, 0.5) is 0 Å². The Balaban J connectivity index is 1.89. The zero-order valence-corrected chi connectivity index (χ0v) is 21.0. The van der Waals surface area contributed by atoms with Crippen molar-refractivity contribution in [2.75, 3.05) is 6.61 Å². The smallest absolute Gasteiger partial charge is 0.279 e. The summed E-state index contributed by atoms with van der Waals surface area (Å²) in [7, 11) is 0. The third kappa shape index (κ3) is 7.26. The average molecular weight is 505 g/mol. The molecule has 2 unspecified atom stereocenters. The van der Waals surface area contributed by atoms with Gasteiger partial charge in [0.2, 0.25) is 0 Å². The standard InChI is InChI=1S/C25H33BrN2O4/c1-6-17(5)19-10-8-9-11-22(19)32-21(7-2)25(30)28-27-24(29)15-31-23-13-12-18(16(3)4)14-20(23)26/h8-14,16-17,21H,6-7,15H2,1-5H3,(H,27,29)(H,28,30). The van der Waals surface area contributed by atoms with E-state index in [4.69, 9.17) is 9.47 Å². The minimum atomic E-state index is -0.723. The molecule has 0 radical (unpaired) electrons. The Morgan fingerprint density at radius 1 is 0.969 bits per heavy atom. The van der Waals surface area contributed by atoms with Crippen molar-refractivity contribution in [1.29, 1.82) is 0 Å². The highest BCUT2D eigenvalue weighted by Gasteiger charge is 2.21. The number of amides is 2. The molecule has 0 aliphatic carbocycles. The van der Waals surface area contributed by atoms with Gasteiger partial charge in [-0.25, -0.2) is 0 Å². The van der Waals surface area contributed by atoms with Crippen LogP contribution in [0.2, 0.25) is 0 Å². The van der Waals surface area contributed by atoms with Gasteiger partial charge in [0.1, 0.15) is 11.5 Å². The number of carbonyl (C=O) groups excluding carboxylic acids is 2. The molecule has 0 saturated carbocycles. The van der Waals surface area contributed by atoms with Gasteiger partial charge in [-0.1, -0.05) is 58.9 Å². The van der Waals surface area contributed by atoms with E-state index in [9.17, 15) is 9.59 Å². The van der Waals surface area contributed by atoms with Crippen LogP contribution in [0.1, 0.15) is 70.4 Å². The maximum atomic E-state index is 12.6. The van der Waals surface area contributed by atoms with Crippen LogP contribution in [0.5, 0.6) is 11.5 Å². The molecule has 2 aromatic rings. The second kappa shape index (κ2) is 12.5. The number of benzene rings is 2. The van der Waals surface area contributed by atoms with Crippen LogP contribution in [0, 0.1) is 0 Å². The number of hydrogen-bond acceptors (Lipinski definition) is 4. The number of carbonyl (C=O) groups is 2. The molecule has 174 valence electrons. The van der Waals surface area contributed by atoms with Crippen molar-refractivity contribution >= 4 is 27.7 Å². The number of nitrogens with one attached hydrogen (secondary N) is 2. The number of rotatable bonds is 10. The maximum absolute atomic E-state index is 12.6. The lowest BCUT2D eigenvalue weighted by atomic mass is 9.98. The molecule has 7 heteroatoms. The van der Waals surface area contributed by atoms with Gasteiger partial charge in [-0.3, -0.25) is 20.4 Å². The van der Waals surface area contributed by atoms with Crippen molar-refractivity contribution in [3.8, 4) is 11.5 Å². The summed E-state index contributed by atoms with van der Waals surface area (Å²) in [4.78, 5) is 24.7. The topological polar surface area (TPSA) is 76.7 Å². The quantitative estimate of drug-likeness (QED) is 0.420. The van der Waals surface area contributed by atoms with E-state index in [-0.39, 0.29) is 6.61 Å². The van der Waals surface area contributed by atoms with E-state index < -0.39 is 17.9 Å². The molecule has 0 fully saturated rings. The van der Waals surface area contributed by atoms with E-state index >= 15 is 0 Å². The zero-order valence-electron chi connectivity index (χ0n) is 19.4. The molecule has 2 rings (SSSR count). The van der Waals surface area contributed by atoms with Gasteiger partial charge < -0.3 is 9.47 Å². The summed E-state index contributed by atoms with van der Waals surface area (Å²) in [6.45, 7) is 10.1. The summed E-state index contributed by atoms with van der Waals surface area (Å²) in [5.74, 6) is 1.08. The Labute approximate surface area is 199 Å². The van der Waals surface area contributed by atoms with Crippen LogP contribution in [-0.4, -0.2) is 24.5 Å². The molecule has 0 bridgehead atoms. The summed E-state index contributed by atoms with van der Waals surface area (Å²) in [6, 6.07) is 13.5. The van der Waals surface area contributed by atoms with Crippen molar-refractivity contribution in [1.82, 2.24) is 10.9 Å². The monoisotopic (exact) mass is 504 g/mol. The lowest BCUT2D eigenvalue weighted by Gasteiger charge is -2.21. The predicted octanol–water partition coefficient (Wildman–Crippen LogP) is 5.47. The molecule has 2 amide bonds. The summed E-state index contributed by atoms with van der Waals surface area (Å²) >= 11 is 3.47. The van der Waals surface area contributed by atoms with Crippen molar-refractivity contribution in [2.45, 2.75) is 65.4 Å². The molecule has 32 heavy (non-hydrogen) atoms. The fraction of sp³-hybridized carbons (Fsp3) is 0.440. The molecule has 2 aromatic carbocycles. The highest BCUT2D eigenvalue weighted by atomic mass is 79.9. The molecular weight excluding hydrogens is 472 g/mol. The zero-order chi connectivity index (χ0) is 23.7. The van der Waals surface area contributed by atoms with Crippen molar-refractivity contribution < 1.29 is 19.1 Å². The van der Waals surface area contributed by atoms with E-state index in [1.165, 1.54) is 5.56 Å². The normalized spacial score (nSPS) is 12.7. The first-order chi connectivity index (χ1) is 15.3. The van der Waals surface area contributed by atoms with Crippen molar-refractivity contribution in [2.24, 2.45) is 0 Å². The lowest BCUT2D eigenvalue weighted by Crippen LogP contribution is -2.49. The summed E-state index contributed by atoms with van der Waals surface area (Å²) < 4.78 is 12.3. The molecule has 0 aliphatic rings. The molecule has 0 aromatic heterocycles. The number of para-hydroxylation sites is 1. The van der Waals surface area contributed by atoms with E-state index in [2.05, 4.69) is 54.5 Å². The molecule has 0 spiro atoms. The van der Waals surface area contributed by atoms with E-state index in [0.717, 1.165) is 16.5 Å². The Bertz CT molecular complexity index is 917. The largest absolute Gasteiger partial charge is 0.483 e. The van der Waals surface area contributed by atoms with Gasteiger partial charge in [-0.2, -0.15) is 0 Å². The summed E-state index contributed by atoms with van der Waals surface area (Å²) in [6.07, 6.45) is 0.705. The van der Waals surface area contributed by atoms with Gasteiger partial charge in [0.05, 0.1) is 4.47 Å². The third-order valence-corrected chi connectivity index (χ3v) is 5.92. The first kappa shape index (κ1) is 25.7. The second-order valence-corrected chi connectivity index (χ2v) is 8.89. The van der Waals surface area contributed by atoms with Crippen LogP contribution < -0.4 is 20.3 Å². The van der Waals surface area contributed by atoms with Gasteiger partial charge in [-0.15, -0.1) is 0 Å². The molecule has 0 aliphatic heterocycles. The van der Waals surface area contributed by atoms with Crippen LogP contribution >= 0.6 is 15.9 Å². The van der Waals surface area contributed by atoms with Gasteiger partial charge in [0.15, 0.2) is 12.7 Å². The Morgan fingerprint density at radius 2 is 1.69 bits per heavy atom. The molecule has 0 heterocycles. The number of halogens is 1. The SMILES string of the molecule is CCC(Oc1ccccc1C(C)CC)C(=O)NNC(=O)COc1ccc(C(C)C)cc1Br. The minimum absolute atomic E-state index is 0.228. The fourth-order valence-corrected chi connectivity index (χ4v) is 3.59. The Kier molecular flexibility index (Phi) is 10.0. The van der Waals surface area contributed by atoms with Gasteiger partial charge >= 0.3 is 0 Å². The lowest BCUT2D eigenvalue weighted by molar-refractivity contribution is -0.134. The minimum Gasteiger partial charge on any atom is -0.483 e. The van der Waals surface area contributed by atoms with Crippen LogP contribution in [0.25, 0.3) is 0 Å². The van der Waals surface area contributed by atoms with Gasteiger partial charge in [-0.05, 0) is 69.9 Å². The first-order valence-corrected chi connectivity index (χ1v) is 11.8. The first-order valence-electron chi connectivity index (χ1n) is 11.0. The Morgan fingerprint density at radius 3 is 2.31 bits per heavy atom. The Hall–Kier alpha value is -2.54. The molecule has 0 saturated heterocycles. The van der Waals surface area contributed by atoms with E-state index in [1.54, 1.807) is 0 Å². The number of ether oxygens (including phenoxy) is 2. The number of hydrazine groups is 1. The van der Waals surface area contributed by atoms with Gasteiger partial charge in [0, 0.05) is 0 Å². The van der Waals surface area contributed by atoms with Crippen LogP contribution in [0.3, 0.4) is 0 Å². The fourth-order valence-electron chi connectivity index (χ4n) is 3.07.